The Kier molecular flexibility index (Phi) is 8.89. The van der Waals surface area contributed by atoms with E-state index in [0.29, 0.717) is 18.8 Å². The quantitative estimate of drug-likeness (QED) is 0.270. The van der Waals surface area contributed by atoms with E-state index in [4.69, 9.17) is 29.1 Å². The molecule has 5 rings (SSSR count). The lowest BCUT2D eigenvalue weighted by molar-refractivity contribution is -0.576. The summed E-state index contributed by atoms with van der Waals surface area (Å²) in [4.78, 5) is 60.4. The molecule has 0 aromatic rings. The fourth-order valence-corrected chi connectivity index (χ4v) is 6.67. The van der Waals surface area contributed by atoms with Gasteiger partial charge in [0.2, 0.25) is 23.9 Å². The van der Waals surface area contributed by atoms with E-state index in [0.717, 1.165) is 19.3 Å². The second kappa shape index (κ2) is 11.7. The minimum Gasteiger partial charge on any atom is -0.480 e. The maximum Gasteiger partial charge on any atom is 0.322 e. The van der Waals surface area contributed by atoms with Crippen LogP contribution in [0, 0.1) is 29.6 Å². The lowest BCUT2D eigenvalue weighted by Crippen LogP contribution is -2.70. The monoisotopic (exact) mass is 554 g/mol. The summed E-state index contributed by atoms with van der Waals surface area (Å²) < 4.78 is 18.2. The molecule has 1 spiro atoms. The van der Waals surface area contributed by atoms with Crippen LogP contribution in [0.15, 0.2) is 0 Å². The van der Waals surface area contributed by atoms with Gasteiger partial charge in [-0.1, -0.05) is 27.7 Å². The average molecular weight is 555 g/mol. The first-order chi connectivity index (χ1) is 18.3. The smallest absolute Gasteiger partial charge is 0.322 e. The van der Waals surface area contributed by atoms with E-state index in [2.05, 4.69) is 17.6 Å². The minimum atomic E-state index is -1.18. The Labute approximate surface area is 228 Å². The van der Waals surface area contributed by atoms with Crippen molar-refractivity contribution >= 4 is 23.8 Å². The summed E-state index contributed by atoms with van der Waals surface area (Å²) in [5.74, 6) is -3.31. The first-order valence-corrected chi connectivity index (χ1v) is 14.0. The second-order valence-corrected chi connectivity index (χ2v) is 12.1. The van der Waals surface area contributed by atoms with Crippen molar-refractivity contribution in [3.05, 3.63) is 0 Å². The zero-order valence-electron chi connectivity index (χ0n) is 23.4. The lowest BCUT2D eigenvalue weighted by atomic mass is 9.58. The normalized spacial score (nSPS) is 37.8. The van der Waals surface area contributed by atoms with Gasteiger partial charge >= 0.3 is 11.9 Å². The number of aliphatic carboxylic acids is 1. The largest absolute Gasteiger partial charge is 0.480 e. The molecular weight excluding hydrogens is 512 g/mol. The summed E-state index contributed by atoms with van der Waals surface area (Å²) in [6.07, 6.45) is 1.77. The molecule has 39 heavy (non-hydrogen) atoms. The maximum atomic E-state index is 12.8. The maximum absolute atomic E-state index is 12.8. The number of hydrogen-bond acceptors (Lipinski definition) is 9. The first kappa shape index (κ1) is 29.7. The molecular formula is C27H42N2O10. The first-order valence-electron chi connectivity index (χ1n) is 14.0. The molecule has 2 amide bonds. The van der Waals surface area contributed by atoms with Crippen LogP contribution in [0.25, 0.3) is 0 Å². The van der Waals surface area contributed by atoms with Gasteiger partial charge in [-0.3, -0.25) is 19.2 Å². The molecule has 12 nitrogen and oxygen atoms in total. The van der Waals surface area contributed by atoms with E-state index in [1.165, 1.54) is 0 Å². The number of fused-ring (bicyclic) bond motifs is 2. The Morgan fingerprint density at radius 3 is 2.49 bits per heavy atom. The standard InChI is InChI=1S/C27H42N2O10/c1-14(2)12-19(23(34)28-13-21(31)32)29-20(30)8-9-22(33)35-24-16(4)18-7-6-15(3)17-10-11-26(5)37-25(36-24)27(17,18)39-38-26/h14-19,24-25H,6-13H2,1-5H3,(H,28,34)(H,29,30)(H,31,32)/t15-,16?,17+,18?,19?,24?,25+,26?,27?/m1/s1. The SMILES string of the molecule is CC(C)CC(NC(=O)CCC(=O)OC1O[C@H]2OC3(C)CC[C@H]4[C@H](C)CCC(C1C)C24OO3)C(=O)NCC(=O)O. The third kappa shape index (κ3) is 6.23. The number of esters is 1. The van der Waals surface area contributed by atoms with Crippen molar-refractivity contribution in [3.63, 3.8) is 0 Å². The third-order valence-electron chi connectivity index (χ3n) is 8.67. The van der Waals surface area contributed by atoms with Crippen LogP contribution in [0.2, 0.25) is 0 Å². The summed E-state index contributed by atoms with van der Waals surface area (Å²) in [7, 11) is 0. The number of carbonyl (C=O) groups is 4. The number of amides is 2. The van der Waals surface area contributed by atoms with Gasteiger partial charge in [0.25, 0.3) is 0 Å². The predicted molar refractivity (Wildman–Crippen MR) is 134 cm³/mol. The van der Waals surface area contributed by atoms with Gasteiger partial charge in [-0.15, -0.1) is 0 Å². The van der Waals surface area contributed by atoms with Crippen LogP contribution in [-0.4, -0.2) is 65.4 Å². The highest BCUT2D eigenvalue weighted by Crippen LogP contribution is 2.60. The molecule has 5 aliphatic rings. The van der Waals surface area contributed by atoms with Crippen molar-refractivity contribution in [2.45, 2.75) is 110 Å². The van der Waals surface area contributed by atoms with Crippen LogP contribution in [0.1, 0.15) is 79.6 Å². The molecule has 9 atom stereocenters. The predicted octanol–water partition coefficient (Wildman–Crippen LogP) is 2.25. The molecule has 3 N–H and O–H groups in total. The Morgan fingerprint density at radius 2 is 1.79 bits per heavy atom. The van der Waals surface area contributed by atoms with E-state index in [1.54, 1.807) is 0 Å². The van der Waals surface area contributed by atoms with Gasteiger partial charge in [0.15, 0.2) is 11.9 Å². The van der Waals surface area contributed by atoms with Crippen LogP contribution in [0.3, 0.4) is 0 Å². The summed E-state index contributed by atoms with van der Waals surface area (Å²) in [5, 5.41) is 13.7. The van der Waals surface area contributed by atoms with Crippen molar-refractivity contribution in [3.8, 4) is 0 Å². The van der Waals surface area contributed by atoms with Gasteiger partial charge < -0.3 is 30.0 Å². The molecule has 1 saturated carbocycles. The molecule has 2 bridgehead atoms. The van der Waals surface area contributed by atoms with Gasteiger partial charge in [-0.05, 0) is 50.4 Å². The zero-order chi connectivity index (χ0) is 28.5. The zero-order valence-corrected chi connectivity index (χ0v) is 23.4. The third-order valence-corrected chi connectivity index (χ3v) is 8.67. The Balaban J connectivity index is 1.35. The number of hydrogen-bond donors (Lipinski definition) is 3. The summed E-state index contributed by atoms with van der Waals surface area (Å²) in [6, 6.07) is -0.904. The van der Waals surface area contributed by atoms with Crippen molar-refractivity contribution in [1.29, 1.82) is 0 Å². The van der Waals surface area contributed by atoms with E-state index in [1.807, 2.05) is 27.7 Å². The molecule has 4 saturated heterocycles. The molecule has 12 heteroatoms. The molecule has 0 aromatic heterocycles. The summed E-state index contributed by atoms with van der Waals surface area (Å²) in [5.41, 5.74) is -0.761. The number of carboxylic acid groups (broad SMARTS) is 1. The molecule has 4 heterocycles. The fourth-order valence-electron chi connectivity index (χ4n) is 6.67. The number of rotatable bonds is 10. The molecule has 4 aliphatic heterocycles. The highest BCUT2D eigenvalue weighted by atomic mass is 17.3. The number of ether oxygens (including phenoxy) is 3. The van der Waals surface area contributed by atoms with E-state index in [-0.39, 0.29) is 36.5 Å². The molecule has 0 radical (unpaired) electrons. The minimum absolute atomic E-state index is 0.00213. The summed E-state index contributed by atoms with van der Waals surface area (Å²) in [6.45, 7) is 9.24. The van der Waals surface area contributed by atoms with E-state index < -0.39 is 60.3 Å². The Hall–Kier alpha value is -2.28. The molecule has 0 aromatic carbocycles. The molecule has 1 aliphatic carbocycles. The molecule has 5 fully saturated rings. The van der Waals surface area contributed by atoms with Gasteiger partial charge in [0.05, 0.1) is 6.42 Å². The van der Waals surface area contributed by atoms with Gasteiger partial charge in [0.1, 0.15) is 12.6 Å². The van der Waals surface area contributed by atoms with Gasteiger partial charge in [-0.2, -0.15) is 0 Å². The van der Waals surface area contributed by atoms with Crippen LogP contribution in [-0.2, 0) is 43.2 Å². The fraction of sp³-hybridized carbons (Fsp3) is 0.852. The van der Waals surface area contributed by atoms with Gasteiger partial charge in [-0.25, -0.2) is 9.78 Å². The van der Waals surface area contributed by atoms with Crippen molar-refractivity contribution in [2.75, 3.05) is 6.54 Å². The topological polar surface area (TPSA) is 159 Å². The van der Waals surface area contributed by atoms with Crippen LogP contribution >= 0.6 is 0 Å². The van der Waals surface area contributed by atoms with Crippen LogP contribution < -0.4 is 10.6 Å². The molecule has 220 valence electrons. The van der Waals surface area contributed by atoms with Crippen LogP contribution in [0.4, 0.5) is 0 Å². The van der Waals surface area contributed by atoms with Crippen LogP contribution in [0.5, 0.6) is 0 Å². The highest BCUT2D eigenvalue weighted by molar-refractivity contribution is 5.90. The number of carbonyl (C=O) groups excluding carboxylic acids is 3. The Morgan fingerprint density at radius 1 is 1.05 bits per heavy atom. The molecule has 6 unspecified atom stereocenters. The lowest BCUT2D eigenvalue weighted by Gasteiger charge is -2.59. The number of carboxylic acids is 1. The van der Waals surface area contributed by atoms with Gasteiger partial charge in [0, 0.05) is 24.7 Å². The van der Waals surface area contributed by atoms with E-state index in [9.17, 15) is 19.2 Å². The highest BCUT2D eigenvalue weighted by Gasteiger charge is 2.69. The van der Waals surface area contributed by atoms with Crippen molar-refractivity contribution in [2.24, 2.45) is 29.6 Å². The van der Waals surface area contributed by atoms with Crippen molar-refractivity contribution < 1.29 is 48.3 Å². The van der Waals surface area contributed by atoms with E-state index >= 15 is 0 Å². The number of nitrogens with one attached hydrogen (secondary N) is 2. The van der Waals surface area contributed by atoms with Crippen molar-refractivity contribution in [1.82, 2.24) is 10.6 Å². The Bertz CT molecular complexity index is 959. The second-order valence-electron chi connectivity index (χ2n) is 12.1. The average Bonchev–Trinajstić information content (AvgIpc) is 3.09. The summed E-state index contributed by atoms with van der Waals surface area (Å²) >= 11 is 0.